The molecule has 0 radical (unpaired) electrons. The first-order valence-electron chi connectivity index (χ1n) is 4.02. The normalized spacial score (nSPS) is 12.5. The van der Waals surface area contributed by atoms with E-state index in [0.29, 0.717) is 5.75 Å². The predicted octanol–water partition coefficient (Wildman–Crippen LogP) is 0.674. The van der Waals surface area contributed by atoms with Gasteiger partial charge in [-0.2, -0.15) is 0 Å². The number of thiol groups is 1. The van der Waals surface area contributed by atoms with E-state index in [-0.39, 0.29) is 13.2 Å². The average molecular weight is 199 g/mol. The van der Waals surface area contributed by atoms with Gasteiger partial charge < -0.3 is 15.6 Å². The zero-order valence-electron chi connectivity index (χ0n) is 7.18. The van der Waals surface area contributed by atoms with Crippen LogP contribution in [0.15, 0.2) is 29.2 Å². The molecule has 1 rings (SSSR count). The van der Waals surface area contributed by atoms with Crippen LogP contribution in [0.1, 0.15) is 0 Å². The van der Waals surface area contributed by atoms with Crippen LogP contribution in [-0.4, -0.2) is 24.4 Å². The molecule has 0 aromatic heterocycles. The highest BCUT2D eigenvalue weighted by atomic mass is 32.1. The van der Waals surface area contributed by atoms with E-state index in [1.54, 1.807) is 6.07 Å². The predicted molar refractivity (Wildman–Crippen MR) is 54.3 cm³/mol. The Morgan fingerprint density at radius 3 is 2.92 bits per heavy atom. The molecule has 0 bridgehead atoms. The summed E-state index contributed by atoms with van der Waals surface area (Å²) < 4.78 is 5.26. The van der Waals surface area contributed by atoms with E-state index in [4.69, 9.17) is 15.6 Å². The third-order valence-electron chi connectivity index (χ3n) is 1.53. The van der Waals surface area contributed by atoms with Crippen LogP contribution in [0.5, 0.6) is 5.75 Å². The highest BCUT2D eigenvalue weighted by Gasteiger charge is 2.01. The summed E-state index contributed by atoms with van der Waals surface area (Å²) in [6.07, 6.45) is -0.608. The highest BCUT2D eigenvalue weighted by molar-refractivity contribution is 7.80. The molecule has 1 aromatic rings. The van der Waals surface area contributed by atoms with Crippen LogP contribution in [0.3, 0.4) is 0 Å². The number of aliphatic hydroxyl groups excluding tert-OH is 1. The van der Waals surface area contributed by atoms with Crippen LogP contribution in [-0.2, 0) is 0 Å². The van der Waals surface area contributed by atoms with Gasteiger partial charge in [-0.25, -0.2) is 0 Å². The molecule has 0 fully saturated rings. The Hall–Kier alpha value is -0.710. The largest absolute Gasteiger partial charge is 0.491 e. The molecule has 1 aromatic carbocycles. The van der Waals surface area contributed by atoms with E-state index in [0.717, 1.165) is 4.90 Å². The minimum Gasteiger partial charge on any atom is -0.491 e. The molecule has 0 saturated heterocycles. The fraction of sp³-hybridized carbons (Fsp3) is 0.333. The summed E-state index contributed by atoms with van der Waals surface area (Å²) in [5.74, 6) is 0.694. The molecular formula is C9H13NO2S. The summed E-state index contributed by atoms with van der Waals surface area (Å²) in [4.78, 5) is 0.833. The molecule has 72 valence electrons. The van der Waals surface area contributed by atoms with Crippen LogP contribution in [0.4, 0.5) is 0 Å². The Morgan fingerprint density at radius 1 is 1.54 bits per heavy atom. The maximum Gasteiger partial charge on any atom is 0.120 e. The zero-order valence-corrected chi connectivity index (χ0v) is 8.08. The lowest BCUT2D eigenvalue weighted by Crippen LogP contribution is -2.26. The summed E-state index contributed by atoms with van der Waals surface area (Å²) in [5.41, 5.74) is 5.22. The molecule has 3 N–H and O–H groups in total. The molecule has 3 nitrogen and oxygen atoms in total. The quantitative estimate of drug-likeness (QED) is 0.625. The van der Waals surface area contributed by atoms with E-state index < -0.39 is 6.10 Å². The van der Waals surface area contributed by atoms with Crippen molar-refractivity contribution in [2.24, 2.45) is 5.73 Å². The van der Waals surface area contributed by atoms with Crippen molar-refractivity contribution in [2.75, 3.05) is 13.2 Å². The summed E-state index contributed by atoms with van der Waals surface area (Å²) in [6, 6.07) is 7.29. The van der Waals surface area contributed by atoms with Gasteiger partial charge in [0.25, 0.3) is 0 Å². The second kappa shape index (κ2) is 5.11. The summed E-state index contributed by atoms with van der Waals surface area (Å²) >= 11 is 4.15. The molecule has 0 aliphatic carbocycles. The van der Waals surface area contributed by atoms with Gasteiger partial charge in [-0.1, -0.05) is 6.07 Å². The fourth-order valence-corrected chi connectivity index (χ4v) is 1.05. The number of ether oxygens (including phenoxy) is 1. The maximum atomic E-state index is 9.12. The highest BCUT2D eigenvalue weighted by Crippen LogP contribution is 2.15. The second-order valence-electron chi connectivity index (χ2n) is 2.70. The van der Waals surface area contributed by atoms with E-state index >= 15 is 0 Å². The monoisotopic (exact) mass is 199 g/mol. The van der Waals surface area contributed by atoms with Crippen molar-refractivity contribution >= 4 is 12.6 Å². The number of aliphatic hydroxyl groups is 1. The molecule has 1 unspecified atom stereocenters. The van der Waals surface area contributed by atoms with Crippen LogP contribution in [0.2, 0.25) is 0 Å². The Bertz CT molecular complexity index is 268. The van der Waals surface area contributed by atoms with Crippen LogP contribution in [0.25, 0.3) is 0 Å². The molecule has 0 aliphatic rings. The SMILES string of the molecule is NCC(O)COc1cccc(S)c1. The van der Waals surface area contributed by atoms with E-state index in [1.807, 2.05) is 18.2 Å². The molecule has 0 saturated carbocycles. The summed E-state index contributed by atoms with van der Waals surface area (Å²) in [6.45, 7) is 0.425. The molecule has 0 spiro atoms. The third-order valence-corrected chi connectivity index (χ3v) is 1.81. The van der Waals surface area contributed by atoms with Crippen molar-refractivity contribution in [3.63, 3.8) is 0 Å². The van der Waals surface area contributed by atoms with Crippen molar-refractivity contribution in [2.45, 2.75) is 11.0 Å². The molecule has 0 amide bonds. The van der Waals surface area contributed by atoms with Crippen molar-refractivity contribution in [3.8, 4) is 5.75 Å². The van der Waals surface area contributed by atoms with Crippen molar-refractivity contribution in [1.29, 1.82) is 0 Å². The van der Waals surface area contributed by atoms with Gasteiger partial charge in [-0.05, 0) is 18.2 Å². The molecule has 13 heavy (non-hydrogen) atoms. The first kappa shape index (κ1) is 10.4. The number of hydrogen-bond donors (Lipinski definition) is 3. The topological polar surface area (TPSA) is 55.5 Å². The molecule has 0 aliphatic heterocycles. The average Bonchev–Trinajstić information content (AvgIpc) is 2.14. The minimum atomic E-state index is -0.608. The fourth-order valence-electron chi connectivity index (χ4n) is 0.834. The first-order valence-corrected chi connectivity index (χ1v) is 4.47. The molecule has 1 atom stereocenters. The van der Waals surface area contributed by atoms with Gasteiger partial charge in [-0.15, -0.1) is 12.6 Å². The third kappa shape index (κ3) is 3.67. The van der Waals surface area contributed by atoms with Crippen LogP contribution >= 0.6 is 12.6 Å². The number of benzene rings is 1. The molecular weight excluding hydrogens is 186 g/mol. The molecule has 4 heteroatoms. The van der Waals surface area contributed by atoms with Crippen molar-refractivity contribution in [3.05, 3.63) is 24.3 Å². The Labute approximate surface area is 82.9 Å². The minimum absolute atomic E-state index is 0.209. The van der Waals surface area contributed by atoms with Gasteiger partial charge in [0, 0.05) is 11.4 Å². The van der Waals surface area contributed by atoms with E-state index in [1.165, 1.54) is 0 Å². The van der Waals surface area contributed by atoms with Gasteiger partial charge in [0.1, 0.15) is 18.5 Å². The number of nitrogens with two attached hydrogens (primary N) is 1. The van der Waals surface area contributed by atoms with Gasteiger partial charge in [0.05, 0.1) is 0 Å². The van der Waals surface area contributed by atoms with Gasteiger partial charge in [-0.3, -0.25) is 0 Å². The number of rotatable bonds is 4. The van der Waals surface area contributed by atoms with Gasteiger partial charge in [0.15, 0.2) is 0 Å². The summed E-state index contributed by atoms with van der Waals surface area (Å²) in [5, 5.41) is 9.12. The van der Waals surface area contributed by atoms with Gasteiger partial charge >= 0.3 is 0 Å². The van der Waals surface area contributed by atoms with Crippen LogP contribution in [0, 0.1) is 0 Å². The smallest absolute Gasteiger partial charge is 0.120 e. The molecule has 0 heterocycles. The lowest BCUT2D eigenvalue weighted by atomic mass is 10.3. The van der Waals surface area contributed by atoms with Crippen molar-refractivity contribution < 1.29 is 9.84 Å². The number of hydrogen-bond acceptors (Lipinski definition) is 4. The maximum absolute atomic E-state index is 9.12. The Kier molecular flexibility index (Phi) is 4.08. The lowest BCUT2D eigenvalue weighted by molar-refractivity contribution is 0.114. The van der Waals surface area contributed by atoms with E-state index in [9.17, 15) is 0 Å². The first-order chi connectivity index (χ1) is 6.22. The van der Waals surface area contributed by atoms with Crippen molar-refractivity contribution in [1.82, 2.24) is 0 Å². The van der Waals surface area contributed by atoms with Gasteiger partial charge in [0.2, 0.25) is 0 Å². The van der Waals surface area contributed by atoms with Crippen LogP contribution < -0.4 is 10.5 Å². The Morgan fingerprint density at radius 2 is 2.31 bits per heavy atom. The Balaban J connectivity index is 2.45. The standard InChI is InChI=1S/C9H13NO2S/c10-5-7(11)6-12-8-2-1-3-9(13)4-8/h1-4,7,11,13H,5-6,10H2. The summed E-state index contributed by atoms with van der Waals surface area (Å²) in [7, 11) is 0. The zero-order chi connectivity index (χ0) is 9.68. The lowest BCUT2D eigenvalue weighted by Gasteiger charge is -2.10. The van der Waals surface area contributed by atoms with E-state index in [2.05, 4.69) is 12.6 Å². The second-order valence-corrected chi connectivity index (χ2v) is 3.21.